The summed E-state index contributed by atoms with van der Waals surface area (Å²) < 4.78 is 67.3. The van der Waals surface area contributed by atoms with E-state index in [4.69, 9.17) is 55.3 Å². The normalized spacial score (nSPS) is 11.5. The summed E-state index contributed by atoms with van der Waals surface area (Å²) in [6, 6.07) is 3.82. The summed E-state index contributed by atoms with van der Waals surface area (Å²) in [5, 5.41) is 2.97. The minimum absolute atomic E-state index is 0.205. The molecule has 0 fully saturated rings. The molecular weight excluding hydrogens is 679 g/mol. The van der Waals surface area contributed by atoms with Gasteiger partial charge in [-0.05, 0) is 39.3 Å². The lowest BCUT2D eigenvalue weighted by atomic mass is 10.1. The number of hydrogen-bond donors (Lipinski definition) is 1. The van der Waals surface area contributed by atoms with Gasteiger partial charge >= 0.3 is 8.80 Å². The SMILES string of the molecule is CCO[Si](CCCNC(=O)c1cc(OCCOCCOP)c(OCCOCCOP)c(OCCOCCOP)c1)(OCC)OCC. The van der Waals surface area contributed by atoms with Gasteiger partial charge in [0.2, 0.25) is 5.75 Å². The number of hydrogen-bond acceptors (Lipinski definition) is 13. The maximum absolute atomic E-state index is 13.4. The lowest BCUT2D eigenvalue weighted by Gasteiger charge is -2.28. The minimum Gasteiger partial charge on any atom is -0.487 e. The Morgan fingerprint density at radius 1 is 0.630 bits per heavy atom. The van der Waals surface area contributed by atoms with E-state index in [-0.39, 0.29) is 25.7 Å². The number of amides is 1. The second kappa shape index (κ2) is 29.2. The molecule has 0 heterocycles. The van der Waals surface area contributed by atoms with Gasteiger partial charge in [-0.1, -0.05) is 0 Å². The van der Waals surface area contributed by atoms with Crippen molar-refractivity contribution in [2.24, 2.45) is 0 Å². The lowest BCUT2D eigenvalue weighted by molar-refractivity contribution is 0.0691. The molecule has 0 bridgehead atoms. The molecule has 0 saturated carbocycles. The molecule has 0 aromatic heterocycles. The first kappa shape index (κ1) is 43.3. The lowest BCUT2D eigenvalue weighted by Crippen LogP contribution is -2.46. The molecule has 0 radical (unpaired) electrons. The van der Waals surface area contributed by atoms with Crippen molar-refractivity contribution >= 4 is 43.1 Å². The highest BCUT2D eigenvalue weighted by Gasteiger charge is 2.39. The summed E-state index contributed by atoms with van der Waals surface area (Å²) in [4.78, 5) is 13.4. The van der Waals surface area contributed by atoms with E-state index in [1.165, 1.54) is 0 Å². The quantitative estimate of drug-likeness (QED) is 0.0658. The van der Waals surface area contributed by atoms with Gasteiger partial charge in [0.05, 0.1) is 59.5 Å². The summed E-state index contributed by atoms with van der Waals surface area (Å²) in [6.45, 7) is 11.7. The van der Waals surface area contributed by atoms with E-state index >= 15 is 0 Å². The van der Waals surface area contributed by atoms with Gasteiger partial charge in [0.15, 0.2) is 11.5 Å². The highest BCUT2D eigenvalue weighted by atomic mass is 31.0. The Morgan fingerprint density at radius 2 is 1.04 bits per heavy atom. The zero-order chi connectivity index (χ0) is 33.7. The van der Waals surface area contributed by atoms with Gasteiger partial charge in [-0.3, -0.25) is 4.79 Å². The Labute approximate surface area is 282 Å². The predicted molar refractivity (Wildman–Crippen MR) is 185 cm³/mol. The van der Waals surface area contributed by atoms with Crippen LogP contribution in [-0.2, 0) is 41.1 Å². The summed E-state index contributed by atoms with van der Waals surface area (Å²) in [7, 11) is 3.73. The molecule has 0 saturated heterocycles. The predicted octanol–water partition coefficient (Wildman–Crippen LogP) is 3.46. The van der Waals surface area contributed by atoms with Crippen molar-refractivity contribution in [2.45, 2.75) is 33.2 Å². The zero-order valence-electron chi connectivity index (χ0n) is 27.4. The van der Waals surface area contributed by atoms with Gasteiger partial charge < -0.3 is 60.6 Å². The van der Waals surface area contributed by atoms with Crippen molar-refractivity contribution in [3.05, 3.63) is 17.7 Å². The molecule has 46 heavy (non-hydrogen) atoms. The Kier molecular flexibility index (Phi) is 27.4. The molecule has 14 nitrogen and oxygen atoms in total. The largest absolute Gasteiger partial charge is 0.500 e. The van der Waals surface area contributed by atoms with Gasteiger partial charge in [-0.15, -0.1) is 0 Å². The molecule has 0 aliphatic rings. The third-order valence-electron chi connectivity index (χ3n) is 5.80. The number of rotatable bonds is 32. The topological polar surface area (TPSA) is 140 Å². The Balaban J connectivity index is 3.10. The van der Waals surface area contributed by atoms with Crippen molar-refractivity contribution in [1.29, 1.82) is 0 Å². The molecule has 0 aliphatic carbocycles. The molecule has 3 atom stereocenters. The standard InChI is InChI=1S/C28H54NO13P3Si/c1-4-40-46(41-5-2,42-6-3)21-7-8-29-28(30)24-22-25(34-15-9-31-12-18-37-43)27(36-17-11-33-14-20-39-45)26(23-24)35-16-10-32-13-19-38-44/h22-23H,4-21,43-45H2,1-3H3,(H,29,30). The fourth-order valence-electron chi connectivity index (χ4n) is 3.93. The molecule has 268 valence electrons. The smallest absolute Gasteiger partial charge is 0.487 e. The van der Waals surface area contributed by atoms with Crippen LogP contribution in [0.15, 0.2) is 12.1 Å². The average molecular weight is 734 g/mol. The highest BCUT2D eigenvalue weighted by molar-refractivity contribution is 7.10. The van der Waals surface area contributed by atoms with Crippen molar-refractivity contribution in [3.63, 3.8) is 0 Å². The second-order valence-electron chi connectivity index (χ2n) is 9.14. The van der Waals surface area contributed by atoms with Gasteiger partial charge in [-0.25, -0.2) is 0 Å². The number of carbonyl (C=O) groups excluding carboxylic acids is 1. The second-order valence-corrected chi connectivity index (χ2v) is 12.9. The van der Waals surface area contributed by atoms with Gasteiger partial charge in [-0.2, -0.15) is 0 Å². The Hall–Kier alpha value is -0.763. The molecule has 1 aromatic rings. The molecule has 1 rings (SSSR count). The van der Waals surface area contributed by atoms with Crippen LogP contribution in [0, 0.1) is 0 Å². The molecule has 0 spiro atoms. The Morgan fingerprint density at radius 3 is 1.46 bits per heavy atom. The average Bonchev–Trinajstić information content (AvgIpc) is 3.05. The van der Waals surface area contributed by atoms with Gasteiger partial charge in [0, 0.05) is 66.4 Å². The van der Waals surface area contributed by atoms with E-state index in [9.17, 15) is 4.79 Å². The molecule has 18 heteroatoms. The van der Waals surface area contributed by atoms with Crippen molar-refractivity contribution < 1.29 is 60.1 Å². The zero-order valence-corrected chi connectivity index (χ0v) is 31.9. The molecule has 1 aromatic carbocycles. The van der Waals surface area contributed by atoms with Crippen LogP contribution in [0.25, 0.3) is 0 Å². The van der Waals surface area contributed by atoms with Crippen LogP contribution in [0.4, 0.5) is 0 Å². The van der Waals surface area contributed by atoms with Crippen LogP contribution in [0.2, 0.25) is 6.04 Å². The van der Waals surface area contributed by atoms with Crippen LogP contribution in [0.3, 0.4) is 0 Å². The van der Waals surface area contributed by atoms with Crippen LogP contribution in [-0.4, -0.2) is 120 Å². The summed E-state index contributed by atoms with van der Waals surface area (Å²) >= 11 is 0. The first-order valence-electron chi connectivity index (χ1n) is 15.4. The van der Waals surface area contributed by atoms with E-state index < -0.39 is 8.80 Å². The Bertz CT molecular complexity index is 856. The van der Waals surface area contributed by atoms with E-state index in [0.717, 1.165) is 0 Å². The van der Waals surface area contributed by atoms with E-state index in [0.29, 0.717) is 121 Å². The maximum Gasteiger partial charge on any atom is 0.500 e. The van der Waals surface area contributed by atoms with Gasteiger partial charge in [0.25, 0.3) is 5.91 Å². The van der Waals surface area contributed by atoms with Crippen LogP contribution >= 0.6 is 28.4 Å². The fourth-order valence-corrected chi connectivity index (χ4v) is 6.83. The fraction of sp³-hybridized carbons (Fsp3) is 0.750. The highest BCUT2D eigenvalue weighted by Crippen LogP contribution is 2.39. The van der Waals surface area contributed by atoms with E-state index in [1.54, 1.807) is 12.1 Å². The molecule has 1 amide bonds. The van der Waals surface area contributed by atoms with Crippen LogP contribution in [0.1, 0.15) is 37.6 Å². The maximum atomic E-state index is 13.4. The number of nitrogens with one attached hydrogen (secondary N) is 1. The number of benzene rings is 1. The summed E-state index contributed by atoms with van der Waals surface area (Å²) in [6.07, 6.45) is 0.613. The molecular formula is C28H54NO13P3Si. The van der Waals surface area contributed by atoms with Crippen LogP contribution in [0.5, 0.6) is 17.2 Å². The number of carbonyl (C=O) groups is 1. The number of ether oxygens (including phenoxy) is 6. The van der Waals surface area contributed by atoms with Crippen molar-refractivity contribution in [3.8, 4) is 17.2 Å². The first-order chi connectivity index (χ1) is 22.5. The van der Waals surface area contributed by atoms with E-state index in [2.05, 4.69) is 33.7 Å². The molecule has 3 unspecified atom stereocenters. The monoisotopic (exact) mass is 733 g/mol. The summed E-state index contributed by atoms with van der Waals surface area (Å²) in [5.74, 6) is 0.690. The third-order valence-corrected chi connectivity index (χ3v) is 9.66. The molecule has 1 N–H and O–H groups in total. The molecule has 0 aliphatic heterocycles. The van der Waals surface area contributed by atoms with E-state index in [1.807, 2.05) is 20.8 Å². The summed E-state index contributed by atoms with van der Waals surface area (Å²) in [5.41, 5.74) is 0.337. The first-order valence-corrected chi connectivity index (χ1v) is 18.8. The minimum atomic E-state index is -2.82. The third kappa shape index (κ3) is 19.3. The van der Waals surface area contributed by atoms with Crippen molar-refractivity contribution in [2.75, 3.05) is 106 Å². The van der Waals surface area contributed by atoms with Crippen LogP contribution < -0.4 is 19.5 Å². The van der Waals surface area contributed by atoms with Crippen molar-refractivity contribution in [1.82, 2.24) is 5.32 Å². The van der Waals surface area contributed by atoms with Gasteiger partial charge in [0.1, 0.15) is 19.8 Å².